The molecule has 0 radical (unpaired) electrons. The largest absolute Gasteiger partial charge is 0.396 e. The molecule has 1 aliphatic rings. The quantitative estimate of drug-likeness (QED) is 0.921. The van der Waals surface area contributed by atoms with Gasteiger partial charge in [-0.25, -0.2) is 9.37 Å². The lowest BCUT2D eigenvalue weighted by molar-refractivity contribution is 0.295. The monoisotopic (exact) mass is 260 g/mol. The Balaban J connectivity index is 2.09. The van der Waals surface area contributed by atoms with Crippen LogP contribution in [0.5, 0.6) is 0 Å². The van der Waals surface area contributed by atoms with Crippen LogP contribution in [0.1, 0.15) is 24.4 Å². The van der Waals surface area contributed by atoms with Crippen molar-refractivity contribution in [2.24, 2.45) is 0 Å². The van der Waals surface area contributed by atoms with Gasteiger partial charge >= 0.3 is 0 Å². The van der Waals surface area contributed by atoms with E-state index in [0.29, 0.717) is 6.42 Å². The van der Waals surface area contributed by atoms with Crippen LogP contribution in [-0.2, 0) is 19.4 Å². The number of rotatable bonds is 3. The van der Waals surface area contributed by atoms with Crippen molar-refractivity contribution in [3.63, 3.8) is 0 Å². The molecule has 1 aromatic heterocycles. The minimum Gasteiger partial charge on any atom is -0.396 e. The summed E-state index contributed by atoms with van der Waals surface area (Å²) in [4.78, 5) is 4.70. The standard InChI is InChI=1S/C15H17FN2O/c16-12-6-4-11(5-7-12)15-13(8-10-19)18-9-2-1-3-14(18)17-15/h4-7,19H,1-3,8-10H2. The van der Waals surface area contributed by atoms with Crippen molar-refractivity contribution in [2.75, 3.05) is 6.61 Å². The van der Waals surface area contributed by atoms with E-state index in [9.17, 15) is 9.50 Å². The first-order valence-corrected chi connectivity index (χ1v) is 6.74. The molecule has 3 rings (SSSR count). The van der Waals surface area contributed by atoms with Crippen molar-refractivity contribution in [3.8, 4) is 11.3 Å². The third-order valence-corrected chi connectivity index (χ3v) is 3.65. The number of benzene rings is 1. The summed E-state index contributed by atoms with van der Waals surface area (Å²) in [5, 5.41) is 9.25. The first-order valence-electron chi connectivity index (χ1n) is 6.74. The molecule has 100 valence electrons. The average Bonchev–Trinajstić information content (AvgIpc) is 2.79. The van der Waals surface area contributed by atoms with Crippen molar-refractivity contribution in [1.82, 2.24) is 9.55 Å². The van der Waals surface area contributed by atoms with Gasteiger partial charge in [-0.3, -0.25) is 0 Å². The van der Waals surface area contributed by atoms with Gasteiger partial charge in [-0.05, 0) is 37.1 Å². The highest BCUT2D eigenvalue weighted by Crippen LogP contribution is 2.28. The highest BCUT2D eigenvalue weighted by atomic mass is 19.1. The van der Waals surface area contributed by atoms with E-state index >= 15 is 0 Å². The predicted molar refractivity (Wildman–Crippen MR) is 71.3 cm³/mol. The molecular formula is C15H17FN2O. The van der Waals surface area contributed by atoms with Crippen molar-refractivity contribution < 1.29 is 9.50 Å². The summed E-state index contributed by atoms with van der Waals surface area (Å²) in [6, 6.07) is 6.42. The van der Waals surface area contributed by atoms with Crippen molar-refractivity contribution in [1.29, 1.82) is 0 Å². The highest BCUT2D eigenvalue weighted by Gasteiger charge is 2.20. The number of imidazole rings is 1. The molecule has 0 bridgehead atoms. The fraction of sp³-hybridized carbons (Fsp3) is 0.400. The molecule has 19 heavy (non-hydrogen) atoms. The number of fused-ring (bicyclic) bond motifs is 1. The van der Waals surface area contributed by atoms with E-state index < -0.39 is 0 Å². The van der Waals surface area contributed by atoms with E-state index in [0.717, 1.165) is 42.2 Å². The van der Waals surface area contributed by atoms with Crippen LogP contribution >= 0.6 is 0 Å². The summed E-state index contributed by atoms with van der Waals surface area (Å²) in [6.45, 7) is 1.08. The SMILES string of the molecule is OCCc1c(-c2ccc(F)cc2)nc2n1CCCC2. The maximum absolute atomic E-state index is 13.0. The molecule has 0 unspecified atom stereocenters. The van der Waals surface area contributed by atoms with Gasteiger partial charge in [0, 0.05) is 37.3 Å². The zero-order valence-corrected chi connectivity index (χ0v) is 10.8. The molecule has 1 aliphatic heterocycles. The Morgan fingerprint density at radius 2 is 2.00 bits per heavy atom. The van der Waals surface area contributed by atoms with Crippen LogP contribution in [0.2, 0.25) is 0 Å². The van der Waals surface area contributed by atoms with Gasteiger partial charge in [0.1, 0.15) is 11.6 Å². The first kappa shape index (κ1) is 12.4. The Bertz CT molecular complexity index is 575. The van der Waals surface area contributed by atoms with Gasteiger partial charge in [0.15, 0.2) is 0 Å². The van der Waals surface area contributed by atoms with E-state index in [4.69, 9.17) is 4.98 Å². The number of aromatic nitrogens is 2. The van der Waals surface area contributed by atoms with E-state index in [1.165, 1.54) is 18.6 Å². The summed E-state index contributed by atoms with van der Waals surface area (Å²) in [6.07, 6.45) is 3.91. The van der Waals surface area contributed by atoms with Crippen LogP contribution in [0.3, 0.4) is 0 Å². The summed E-state index contributed by atoms with van der Waals surface area (Å²) in [5.41, 5.74) is 2.89. The van der Waals surface area contributed by atoms with Crippen LogP contribution in [0.4, 0.5) is 4.39 Å². The van der Waals surface area contributed by atoms with E-state index in [1.54, 1.807) is 12.1 Å². The third kappa shape index (κ3) is 2.28. The first-order chi connectivity index (χ1) is 9.29. The maximum Gasteiger partial charge on any atom is 0.123 e. The summed E-state index contributed by atoms with van der Waals surface area (Å²) < 4.78 is 15.2. The van der Waals surface area contributed by atoms with Gasteiger partial charge in [-0.15, -0.1) is 0 Å². The zero-order valence-electron chi connectivity index (χ0n) is 10.8. The van der Waals surface area contributed by atoms with Gasteiger partial charge in [-0.1, -0.05) is 0 Å². The Labute approximate surface area is 111 Å². The summed E-state index contributed by atoms with van der Waals surface area (Å²) in [7, 11) is 0. The number of hydrogen-bond acceptors (Lipinski definition) is 2. The summed E-state index contributed by atoms with van der Waals surface area (Å²) in [5.74, 6) is 0.852. The van der Waals surface area contributed by atoms with Gasteiger partial charge in [0.25, 0.3) is 0 Å². The fourth-order valence-electron chi connectivity index (χ4n) is 2.74. The normalized spacial score (nSPS) is 14.4. The molecule has 0 amide bonds. The van der Waals surface area contributed by atoms with Gasteiger partial charge in [-0.2, -0.15) is 0 Å². The fourth-order valence-corrected chi connectivity index (χ4v) is 2.74. The second kappa shape index (κ2) is 5.13. The van der Waals surface area contributed by atoms with Gasteiger partial charge < -0.3 is 9.67 Å². The lowest BCUT2D eigenvalue weighted by Gasteiger charge is -2.16. The van der Waals surface area contributed by atoms with Gasteiger partial charge in [0.05, 0.1) is 5.69 Å². The molecule has 3 nitrogen and oxygen atoms in total. The molecule has 2 aromatic rings. The Morgan fingerprint density at radius 3 is 2.74 bits per heavy atom. The smallest absolute Gasteiger partial charge is 0.123 e. The maximum atomic E-state index is 13.0. The van der Waals surface area contributed by atoms with E-state index in [-0.39, 0.29) is 12.4 Å². The number of hydrogen-bond donors (Lipinski definition) is 1. The molecule has 2 heterocycles. The average molecular weight is 260 g/mol. The lowest BCUT2D eigenvalue weighted by Crippen LogP contribution is -2.13. The van der Waals surface area contributed by atoms with Crippen molar-refractivity contribution >= 4 is 0 Å². The molecule has 0 saturated heterocycles. The minimum absolute atomic E-state index is 0.110. The molecule has 1 N–H and O–H groups in total. The number of aliphatic hydroxyl groups is 1. The topological polar surface area (TPSA) is 38.1 Å². The molecule has 0 spiro atoms. The van der Waals surface area contributed by atoms with Crippen molar-refractivity contribution in [2.45, 2.75) is 32.2 Å². The second-order valence-corrected chi connectivity index (χ2v) is 4.91. The zero-order chi connectivity index (χ0) is 13.2. The number of nitrogens with zero attached hydrogens (tertiary/aromatic N) is 2. The molecule has 0 atom stereocenters. The van der Waals surface area contributed by atoms with Gasteiger partial charge in [0.2, 0.25) is 0 Å². The second-order valence-electron chi connectivity index (χ2n) is 4.91. The Morgan fingerprint density at radius 1 is 1.21 bits per heavy atom. The number of aliphatic hydroxyl groups excluding tert-OH is 1. The molecule has 0 saturated carbocycles. The molecule has 0 fully saturated rings. The summed E-state index contributed by atoms with van der Waals surface area (Å²) >= 11 is 0. The molecule has 1 aromatic carbocycles. The van der Waals surface area contributed by atoms with E-state index in [1.807, 2.05) is 0 Å². The van der Waals surface area contributed by atoms with Crippen LogP contribution in [-0.4, -0.2) is 21.3 Å². The molecular weight excluding hydrogens is 243 g/mol. The van der Waals surface area contributed by atoms with E-state index in [2.05, 4.69) is 4.57 Å². The van der Waals surface area contributed by atoms with Crippen LogP contribution in [0.15, 0.2) is 24.3 Å². The predicted octanol–water partition coefficient (Wildman–Crippen LogP) is 2.56. The number of aryl methyl sites for hydroxylation is 1. The molecule has 4 heteroatoms. The minimum atomic E-state index is -0.239. The van der Waals surface area contributed by atoms with Crippen molar-refractivity contribution in [3.05, 3.63) is 41.6 Å². The highest BCUT2D eigenvalue weighted by molar-refractivity contribution is 5.62. The van der Waals surface area contributed by atoms with Crippen LogP contribution < -0.4 is 0 Å². The molecule has 0 aliphatic carbocycles. The lowest BCUT2D eigenvalue weighted by atomic mass is 10.1. The Kier molecular flexibility index (Phi) is 3.34. The number of halogens is 1. The van der Waals surface area contributed by atoms with Crippen LogP contribution in [0.25, 0.3) is 11.3 Å². The van der Waals surface area contributed by atoms with Crippen LogP contribution in [0, 0.1) is 5.82 Å². The Hall–Kier alpha value is -1.68. The third-order valence-electron chi connectivity index (χ3n) is 3.65.